The first kappa shape index (κ1) is 20.8. The molecular formula is C23H20BrN5O2. The number of rotatable bonds is 6. The Balaban J connectivity index is 1.67. The molecule has 2 heterocycles. The van der Waals surface area contributed by atoms with Gasteiger partial charge in [-0.3, -0.25) is 9.20 Å². The highest BCUT2D eigenvalue weighted by atomic mass is 79.9. The van der Waals surface area contributed by atoms with Crippen molar-refractivity contribution in [3.63, 3.8) is 0 Å². The lowest BCUT2D eigenvalue weighted by molar-refractivity contribution is 0.102. The average Bonchev–Trinajstić information content (AvgIpc) is 3.11. The summed E-state index contributed by atoms with van der Waals surface area (Å²) in [7, 11) is 0. The minimum absolute atomic E-state index is 0.156. The number of para-hydroxylation sites is 2. The van der Waals surface area contributed by atoms with Crippen molar-refractivity contribution in [1.82, 2.24) is 14.4 Å². The summed E-state index contributed by atoms with van der Waals surface area (Å²) in [5.74, 6) is 1.12. The van der Waals surface area contributed by atoms with Crippen LogP contribution in [-0.2, 0) is 0 Å². The maximum Gasteiger partial charge on any atom is 0.260 e. The van der Waals surface area contributed by atoms with Gasteiger partial charge in [0.1, 0.15) is 17.4 Å². The van der Waals surface area contributed by atoms with E-state index in [1.807, 2.05) is 30.3 Å². The molecule has 1 amide bonds. The van der Waals surface area contributed by atoms with E-state index in [2.05, 4.69) is 51.1 Å². The topological polar surface area (TPSA) is 92.3 Å². The molecule has 4 rings (SSSR count). The molecular weight excluding hydrogens is 458 g/mol. The number of nitrogens with zero attached hydrogens (tertiary/aromatic N) is 4. The van der Waals surface area contributed by atoms with Crippen molar-refractivity contribution in [3.05, 3.63) is 64.3 Å². The lowest BCUT2D eigenvalue weighted by Gasteiger charge is -2.13. The van der Waals surface area contributed by atoms with Gasteiger partial charge in [-0.15, -0.1) is 0 Å². The minimum atomic E-state index is -0.412. The van der Waals surface area contributed by atoms with Gasteiger partial charge >= 0.3 is 0 Å². The van der Waals surface area contributed by atoms with Crippen molar-refractivity contribution in [2.24, 2.45) is 5.92 Å². The molecule has 8 heteroatoms. The average molecular weight is 478 g/mol. The lowest BCUT2D eigenvalue weighted by atomic mass is 10.1. The van der Waals surface area contributed by atoms with E-state index in [1.165, 1.54) is 0 Å². The smallest absolute Gasteiger partial charge is 0.260 e. The molecule has 1 N–H and O–H groups in total. The molecule has 0 aliphatic rings. The van der Waals surface area contributed by atoms with Crippen molar-refractivity contribution in [2.75, 3.05) is 11.9 Å². The molecule has 0 radical (unpaired) electrons. The van der Waals surface area contributed by atoms with E-state index in [-0.39, 0.29) is 11.4 Å². The molecule has 7 nitrogen and oxygen atoms in total. The standard InChI is InChI=1S/C23H20BrN5O2/c1-14(2)9-10-31-20-8-7-16(24)11-17(20)22(30)27-21-15(12-25)13-29-19-6-4-3-5-18(19)26-23(29)28-21/h3-8,11,13-14H,9-10H2,1-2H3,(H,26,27,28,30). The van der Waals surface area contributed by atoms with Gasteiger partial charge in [0.25, 0.3) is 5.91 Å². The molecule has 0 aliphatic heterocycles. The van der Waals surface area contributed by atoms with E-state index in [4.69, 9.17) is 4.74 Å². The number of halogens is 1. The van der Waals surface area contributed by atoms with Crippen molar-refractivity contribution >= 4 is 44.5 Å². The molecule has 0 saturated carbocycles. The zero-order chi connectivity index (χ0) is 22.0. The van der Waals surface area contributed by atoms with Gasteiger partial charge in [0.15, 0.2) is 5.82 Å². The number of aromatic nitrogens is 3. The molecule has 2 aromatic heterocycles. The molecule has 156 valence electrons. The van der Waals surface area contributed by atoms with Crippen LogP contribution in [0, 0.1) is 17.2 Å². The van der Waals surface area contributed by atoms with Gasteiger partial charge in [-0.25, -0.2) is 4.98 Å². The summed E-state index contributed by atoms with van der Waals surface area (Å²) in [6.45, 7) is 4.74. The summed E-state index contributed by atoms with van der Waals surface area (Å²) in [4.78, 5) is 22.0. The Labute approximate surface area is 187 Å². The van der Waals surface area contributed by atoms with Crippen LogP contribution in [0.3, 0.4) is 0 Å². The van der Waals surface area contributed by atoms with Crippen molar-refractivity contribution < 1.29 is 9.53 Å². The Hall–Kier alpha value is -3.44. The van der Waals surface area contributed by atoms with Gasteiger partial charge in [-0.05, 0) is 42.7 Å². The van der Waals surface area contributed by atoms with E-state index in [9.17, 15) is 10.1 Å². The molecule has 0 unspecified atom stereocenters. The van der Waals surface area contributed by atoms with Gasteiger partial charge in [0.05, 0.1) is 23.2 Å². The quantitative estimate of drug-likeness (QED) is 0.412. The maximum absolute atomic E-state index is 13.1. The van der Waals surface area contributed by atoms with E-state index in [0.29, 0.717) is 29.6 Å². The van der Waals surface area contributed by atoms with Crippen LogP contribution in [0.2, 0.25) is 0 Å². The van der Waals surface area contributed by atoms with Gasteiger partial charge in [0.2, 0.25) is 5.78 Å². The Kier molecular flexibility index (Phi) is 5.87. The second-order valence-corrected chi connectivity index (χ2v) is 8.43. The number of hydrogen-bond acceptors (Lipinski definition) is 5. The first-order chi connectivity index (χ1) is 15.0. The first-order valence-corrected chi connectivity index (χ1v) is 10.7. The Bertz CT molecular complexity index is 1320. The Morgan fingerprint density at radius 1 is 1.26 bits per heavy atom. The van der Waals surface area contributed by atoms with Crippen LogP contribution in [0.25, 0.3) is 16.8 Å². The zero-order valence-electron chi connectivity index (χ0n) is 17.1. The molecule has 0 bridgehead atoms. The number of imidazole rings is 1. The van der Waals surface area contributed by atoms with Gasteiger partial charge < -0.3 is 10.1 Å². The third kappa shape index (κ3) is 4.37. The van der Waals surface area contributed by atoms with Crippen molar-refractivity contribution in [1.29, 1.82) is 5.26 Å². The van der Waals surface area contributed by atoms with E-state index >= 15 is 0 Å². The number of hydrogen-bond donors (Lipinski definition) is 1. The number of ether oxygens (including phenoxy) is 1. The van der Waals surface area contributed by atoms with Crippen molar-refractivity contribution in [2.45, 2.75) is 20.3 Å². The van der Waals surface area contributed by atoms with Crippen molar-refractivity contribution in [3.8, 4) is 11.8 Å². The normalized spacial score (nSPS) is 11.1. The monoisotopic (exact) mass is 477 g/mol. The minimum Gasteiger partial charge on any atom is -0.493 e. The highest BCUT2D eigenvalue weighted by molar-refractivity contribution is 9.10. The second kappa shape index (κ2) is 8.74. The number of nitriles is 1. The van der Waals surface area contributed by atoms with Crippen LogP contribution in [0.1, 0.15) is 36.2 Å². The summed E-state index contributed by atoms with van der Waals surface area (Å²) >= 11 is 3.40. The fourth-order valence-electron chi connectivity index (χ4n) is 3.15. The van der Waals surface area contributed by atoms with Crippen LogP contribution in [0.15, 0.2) is 53.1 Å². The van der Waals surface area contributed by atoms with Crippen LogP contribution in [-0.4, -0.2) is 26.9 Å². The van der Waals surface area contributed by atoms with Crippen LogP contribution in [0.5, 0.6) is 5.75 Å². The highest BCUT2D eigenvalue weighted by Gasteiger charge is 2.18. The lowest BCUT2D eigenvalue weighted by Crippen LogP contribution is -2.16. The van der Waals surface area contributed by atoms with Gasteiger partial charge in [-0.2, -0.15) is 10.2 Å². The molecule has 0 spiro atoms. The number of amides is 1. The van der Waals surface area contributed by atoms with Crippen LogP contribution < -0.4 is 10.1 Å². The summed E-state index contributed by atoms with van der Waals surface area (Å²) in [5.41, 5.74) is 2.20. The SMILES string of the molecule is CC(C)CCOc1ccc(Br)cc1C(=O)Nc1nc2nc3ccccc3n2cc1C#N. The molecule has 31 heavy (non-hydrogen) atoms. The van der Waals surface area contributed by atoms with E-state index < -0.39 is 5.91 Å². The largest absolute Gasteiger partial charge is 0.493 e. The number of nitrogens with one attached hydrogen (secondary N) is 1. The van der Waals surface area contributed by atoms with E-state index in [0.717, 1.165) is 21.9 Å². The molecule has 2 aromatic carbocycles. The summed E-state index contributed by atoms with van der Waals surface area (Å²) in [5, 5.41) is 12.4. The fourth-order valence-corrected chi connectivity index (χ4v) is 3.51. The highest BCUT2D eigenvalue weighted by Crippen LogP contribution is 2.26. The van der Waals surface area contributed by atoms with E-state index in [1.54, 1.807) is 22.7 Å². The molecule has 0 saturated heterocycles. The first-order valence-electron chi connectivity index (χ1n) is 9.88. The second-order valence-electron chi connectivity index (χ2n) is 7.51. The maximum atomic E-state index is 13.1. The van der Waals surface area contributed by atoms with Gasteiger partial charge in [-0.1, -0.05) is 41.9 Å². The summed E-state index contributed by atoms with van der Waals surface area (Å²) in [6, 6.07) is 14.9. The number of carbonyl (C=O) groups is 1. The fraction of sp³-hybridized carbons (Fsp3) is 0.217. The molecule has 0 atom stereocenters. The summed E-state index contributed by atoms with van der Waals surface area (Å²) in [6.07, 6.45) is 2.51. The number of carbonyl (C=O) groups excluding carboxylic acids is 1. The number of anilines is 1. The number of benzene rings is 2. The third-order valence-electron chi connectivity index (χ3n) is 4.79. The van der Waals surface area contributed by atoms with Crippen LogP contribution >= 0.6 is 15.9 Å². The summed E-state index contributed by atoms with van der Waals surface area (Å²) < 4.78 is 8.33. The molecule has 4 aromatic rings. The Morgan fingerprint density at radius 3 is 2.84 bits per heavy atom. The van der Waals surface area contributed by atoms with Crippen LogP contribution in [0.4, 0.5) is 5.82 Å². The predicted octanol–water partition coefficient (Wildman–Crippen LogP) is 5.19. The zero-order valence-corrected chi connectivity index (χ0v) is 18.7. The Morgan fingerprint density at radius 2 is 2.06 bits per heavy atom. The van der Waals surface area contributed by atoms with Gasteiger partial charge in [0, 0.05) is 10.7 Å². The predicted molar refractivity (Wildman–Crippen MR) is 122 cm³/mol. The molecule has 0 aliphatic carbocycles. The third-order valence-corrected chi connectivity index (χ3v) is 5.29. The number of fused-ring (bicyclic) bond motifs is 3. The molecule has 0 fully saturated rings.